The number of hydrogen-bond acceptors (Lipinski definition) is 2. The van der Waals surface area contributed by atoms with Crippen LogP contribution in [0.15, 0.2) is 48.5 Å². The molecule has 0 aliphatic rings. The Kier molecular flexibility index (Phi) is 7.30. The normalized spacial score (nSPS) is 9.91. The Morgan fingerprint density at radius 1 is 0.864 bits per heavy atom. The Labute approximate surface area is 141 Å². The lowest BCUT2D eigenvalue weighted by Gasteiger charge is -2.03. The smallest absolute Gasteiger partial charge is 0.165 e. The summed E-state index contributed by atoms with van der Waals surface area (Å²) in [5, 5.41) is 1.22. The van der Waals surface area contributed by atoms with Gasteiger partial charge in [0.2, 0.25) is 0 Å². The van der Waals surface area contributed by atoms with Crippen molar-refractivity contribution in [2.45, 2.75) is 20.8 Å². The third kappa shape index (κ3) is 6.00. The van der Waals surface area contributed by atoms with Crippen molar-refractivity contribution in [3.63, 3.8) is 0 Å². The molecule has 2 nitrogen and oxygen atoms in total. The second-order valence-corrected chi connectivity index (χ2v) is 5.97. The first-order chi connectivity index (χ1) is 10.3. The highest BCUT2D eigenvalue weighted by atomic mass is 35.5. The van der Waals surface area contributed by atoms with E-state index >= 15 is 0 Å². The quantitative estimate of drug-likeness (QED) is 0.671. The van der Waals surface area contributed by atoms with Gasteiger partial charge in [-0.25, -0.2) is 0 Å². The molecule has 116 valence electrons. The lowest BCUT2D eigenvalue weighted by Crippen LogP contribution is -2.06. The van der Waals surface area contributed by atoms with Crippen LogP contribution in [0.1, 0.15) is 41.5 Å². The Bertz CT molecular complexity index is 664. The van der Waals surface area contributed by atoms with Gasteiger partial charge in [-0.3, -0.25) is 9.59 Å². The third-order valence-corrected chi connectivity index (χ3v) is 3.33. The summed E-state index contributed by atoms with van der Waals surface area (Å²) in [5.41, 5.74) is 1.35. The van der Waals surface area contributed by atoms with Gasteiger partial charge in [0.05, 0.1) is 0 Å². The molecule has 0 bridgehead atoms. The predicted molar refractivity (Wildman–Crippen MR) is 92.1 cm³/mol. The van der Waals surface area contributed by atoms with Crippen molar-refractivity contribution in [2.24, 2.45) is 5.92 Å². The molecule has 0 unspecified atom stereocenters. The molecule has 0 saturated heterocycles. The molecule has 2 rings (SSSR count). The van der Waals surface area contributed by atoms with Gasteiger partial charge in [0.15, 0.2) is 11.6 Å². The molecule has 0 amide bonds. The number of carbonyl (C=O) groups excluding carboxylic acids is 2. The van der Waals surface area contributed by atoms with E-state index in [1.54, 1.807) is 48.5 Å². The second-order valence-electron chi connectivity index (χ2n) is 5.10. The topological polar surface area (TPSA) is 34.1 Å². The number of carbonyl (C=O) groups is 2. The van der Waals surface area contributed by atoms with E-state index in [4.69, 9.17) is 23.2 Å². The van der Waals surface area contributed by atoms with E-state index in [9.17, 15) is 9.59 Å². The van der Waals surface area contributed by atoms with E-state index in [1.165, 1.54) is 6.92 Å². The zero-order valence-electron chi connectivity index (χ0n) is 12.8. The van der Waals surface area contributed by atoms with Crippen molar-refractivity contribution in [1.29, 1.82) is 0 Å². The maximum absolute atomic E-state index is 11.4. The van der Waals surface area contributed by atoms with E-state index < -0.39 is 0 Å². The minimum atomic E-state index is 0.0310. The summed E-state index contributed by atoms with van der Waals surface area (Å²) in [6.07, 6.45) is 0. The minimum absolute atomic E-state index is 0.0310. The van der Waals surface area contributed by atoms with E-state index in [0.29, 0.717) is 21.2 Å². The SMILES string of the molecule is CC(=O)c1cccc(Cl)c1.CC(C)C(=O)c1cccc(Cl)c1. The molecule has 0 spiro atoms. The lowest BCUT2D eigenvalue weighted by atomic mass is 10.0. The summed E-state index contributed by atoms with van der Waals surface area (Å²) in [5.74, 6) is 0.212. The summed E-state index contributed by atoms with van der Waals surface area (Å²) in [6.45, 7) is 5.28. The molecule has 0 atom stereocenters. The van der Waals surface area contributed by atoms with Crippen LogP contribution in [0.4, 0.5) is 0 Å². The molecular weight excluding hydrogens is 319 g/mol. The van der Waals surface area contributed by atoms with Crippen molar-refractivity contribution in [2.75, 3.05) is 0 Å². The molecule has 0 heterocycles. The first-order valence-corrected chi connectivity index (χ1v) is 7.63. The molecule has 2 aromatic carbocycles. The van der Waals surface area contributed by atoms with Gasteiger partial charge >= 0.3 is 0 Å². The first kappa shape index (κ1) is 18.4. The van der Waals surface area contributed by atoms with E-state index in [-0.39, 0.29) is 17.5 Å². The lowest BCUT2D eigenvalue weighted by molar-refractivity contribution is 0.0938. The predicted octanol–water partition coefficient (Wildman–Crippen LogP) is 5.72. The Balaban J connectivity index is 0.000000224. The number of hydrogen-bond donors (Lipinski definition) is 0. The largest absolute Gasteiger partial charge is 0.295 e. The zero-order valence-corrected chi connectivity index (χ0v) is 14.3. The van der Waals surface area contributed by atoms with Gasteiger partial charge in [-0.15, -0.1) is 0 Å². The van der Waals surface area contributed by atoms with Gasteiger partial charge in [-0.2, -0.15) is 0 Å². The van der Waals surface area contributed by atoms with Crippen LogP contribution in [0.2, 0.25) is 10.0 Å². The Morgan fingerprint density at radius 2 is 1.32 bits per heavy atom. The molecule has 0 radical (unpaired) electrons. The van der Waals surface area contributed by atoms with Crippen LogP contribution in [0, 0.1) is 5.92 Å². The van der Waals surface area contributed by atoms with Crippen molar-refractivity contribution < 1.29 is 9.59 Å². The van der Waals surface area contributed by atoms with Crippen LogP contribution in [-0.2, 0) is 0 Å². The number of halogens is 2. The van der Waals surface area contributed by atoms with Gasteiger partial charge < -0.3 is 0 Å². The second kappa shape index (κ2) is 8.72. The summed E-state index contributed by atoms with van der Waals surface area (Å²) < 4.78 is 0. The van der Waals surface area contributed by atoms with E-state index in [0.717, 1.165) is 0 Å². The van der Waals surface area contributed by atoms with E-state index in [2.05, 4.69) is 0 Å². The molecule has 0 saturated carbocycles. The number of Topliss-reactive ketones (excluding diaryl/α,β-unsaturated/α-hetero) is 2. The Morgan fingerprint density at radius 3 is 1.68 bits per heavy atom. The van der Waals surface area contributed by atoms with Crippen LogP contribution in [0.3, 0.4) is 0 Å². The van der Waals surface area contributed by atoms with Crippen LogP contribution >= 0.6 is 23.2 Å². The highest BCUT2D eigenvalue weighted by molar-refractivity contribution is 6.31. The van der Waals surface area contributed by atoms with Gasteiger partial charge in [0.25, 0.3) is 0 Å². The molecule has 0 N–H and O–H groups in total. The van der Waals surface area contributed by atoms with Crippen molar-refractivity contribution in [3.8, 4) is 0 Å². The summed E-state index contributed by atoms with van der Waals surface area (Å²) in [6, 6.07) is 13.9. The van der Waals surface area contributed by atoms with Crippen molar-refractivity contribution in [3.05, 3.63) is 69.7 Å². The van der Waals surface area contributed by atoms with Crippen molar-refractivity contribution in [1.82, 2.24) is 0 Å². The minimum Gasteiger partial charge on any atom is -0.295 e. The van der Waals surface area contributed by atoms with Crippen LogP contribution in [-0.4, -0.2) is 11.6 Å². The molecule has 4 heteroatoms. The third-order valence-electron chi connectivity index (χ3n) is 2.86. The fourth-order valence-corrected chi connectivity index (χ4v) is 2.06. The Hall–Kier alpha value is -1.64. The molecule has 0 aliphatic heterocycles. The average Bonchev–Trinajstić information content (AvgIpc) is 2.47. The molecule has 22 heavy (non-hydrogen) atoms. The van der Waals surface area contributed by atoms with Crippen LogP contribution in [0.25, 0.3) is 0 Å². The van der Waals surface area contributed by atoms with Crippen LogP contribution < -0.4 is 0 Å². The monoisotopic (exact) mass is 336 g/mol. The zero-order chi connectivity index (χ0) is 16.7. The summed E-state index contributed by atoms with van der Waals surface area (Å²) in [4.78, 5) is 22.2. The molecule has 0 fully saturated rings. The molecule has 0 aromatic heterocycles. The maximum atomic E-state index is 11.4. The average molecular weight is 337 g/mol. The number of rotatable bonds is 3. The molecule has 2 aromatic rings. The van der Waals surface area contributed by atoms with Crippen molar-refractivity contribution >= 4 is 34.8 Å². The standard InChI is InChI=1S/C10H11ClO.C8H7ClO/c1-7(2)10(12)8-4-3-5-9(11)6-8;1-6(10)7-3-2-4-8(9)5-7/h3-7H,1-2H3;2-5H,1H3. The highest BCUT2D eigenvalue weighted by Gasteiger charge is 2.09. The number of benzene rings is 2. The maximum Gasteiger partial charge on any atom is 0.165 e. The fourth-order valence-electron chi connectivity index (χ4n) is 1.68. The van der Waals surface area contributed by atoms with Gasteiger partial charge in [0.1, 0.15) is 0 Å². The van der Waals surface area contributed by atoms with Gasteiger partial charge in [0, 0.05) is 27.1 Å². The van der Waals surface area contributed by atoms with E-state index in [1.807, 2.05) is 13.8 Å². The van der Waals surface area contributed by atoms with Gasteiger partial charge in [-0.1, -0.05) is 61.3 Å². The van der Waals surface area contributed by atoms with Gasteiger partial charge in [-0.05, 0) is 31.2 Å². The van der Waals surface area contributed by atoms with Crippen LogP contribution in [0.5, 0.6) is 0 Å². The fraction of sp³-hybridized carbons (Fsp3) is 0.222. The summed E-state index contributed by atoms with van der Waals surface area (Å²) >= 11 is 11.4. The molecular formula is C18H18Cl2O2. The highest BCUT2D eigenvalue weighted by Crippen LogP contribution is 2.14. The first-order valence-electron chi connectivity index (χ1n) is 6.87. The number of ketones is 2. The molecule has 0 aliphatic carbocycles. The summed E-state index contributed by atoms with van der Waals surface area (Å²) in [7, 11) is 0.